The molecule has 1 rings (SSSR count). The molecule has 0 aromatic carbocycles. The van der Waals surface area contributed by atoms with Crippen LogP contribution in [0.4, 0.5) is 0 Å². The molecule has 0 aliphatic heterocycles. The van der Waals surface area contributed by atoms with E-state index in [1.165, 1.54) is 5.54 Å². The molecule has 1 aromatic heterocycles. The second-order valence-electron chi connectivity index (χ2n) is 4.35. The summed E-state index contributed by atoms with van der Waals surface area (Å²) in [6.07, 6.45) is 1.69. The Hall–Kier alpha value is -0.770. The van der Waals surface area contributed by atoms with E-state index in [-0.39, 0.29) is 6.61 Å². The molecule has 0 bridgehead atoms. The van der Waals surface area contributed by atoms with Gasteiger partial charge in [0.1, 0.15) is 12.4 Å². The van der Waals surface area contributed by atoms with E-state index in [2.05, 4.69) is 24.1 Å². The summed E-state index contributed by atoms with van der Waals surface area (Å²) < 4.78 is 5.39. The molecule has 0 saturated carbocycles. The molecule has 100 valence electrons. The van der Waals surface area contributed by atoms with Gasteiger partial charge in [-0.1, -0.05) is 37.0 Å². The lowest BCUT2D eigenvalue weighted by Gasteiger charge is -2.08. The number of nitrogens with zero attached hydrogens (tertiary/aromatic N) is 1. The minimum absolute atomic E-state index is 0.262. The molecule has 0 spiro atoms. The van der Waals surface area contributed by atoms with Gasteiger partial charge in [-0.2, -0.15) is 0 Å². The third kappa shape index (κ3) is 6.24. The van der Waals surface area contributed by atoms with Crippen molar-refractivity contribution in [2.24, 2.45) is 5.92 Å². The highest BCUT2D eigenvalue weighted by atomic mass is 35.5. The first-order valence-corrected chi connectivity index (χ1v) is 6.66. The molecule has 0 aliphatic rings. The van der Waals surface area contributed by atoms with Crippen molar-refractivity contribution in [3.63, 3.8) is 0 Å². The van der Waals surface area contributed by atoms with Crippen LogP contribution in [0.15, 0.2) is 28.9 Å². The molecule has 0 amide bonds. The maximum Gasteiger partial charge on any atom is 0.138 e. The molecule has 1 aromatic rings. The second kappa shape index (κ2) is 8.35. The van der Waals surface area contributed by atoms with Gasteiger partial charge in [-0.15, -0.1) is 0 Å². The number of rotatable bonds is 7. The quantitative estimate of drug-likeness (QED) is 0.834. The van der Waals surface area contributed by atoms with Gasteiger partial charge >= 0.3 is 0 Å². The van der Waals surface area contributed by atoms with E-state index in [0.29, 0.717) is 16.7 Å². The van der Waals surface area contributed by atoms with Crippen molar-refractivity contribution in [3.8, 4) is 5.75 Å². The highest BCUT2D eigenvalue weighted by Gasteiger charge is 1.99. The lowest BCUT2D eigenvalue weighted by Crippen LogP contribution is -2.19. The number of aromatic nitrogens is 1. The maximum atomic E-state index is 5.72. The lowest BCUT2D eigenvalue weighted by atomic mass is 10.2. The number of ether oxygens (including phenoxy) is 1. The van der Waals surface area contributed by atoms with Gasteiger partial charge < -0.3 is 10.1 Å². The highest BCUT2D eigenvalue weighted by Crippen LogP contribution is 2.12. The van der Waals surface area contributed by atoms with Crippen molar-refractivity contribution in [1.82, 2.24) is 10.3 Å². The molecule has 0 atom stereocenters. The summed E-state index contributed by atoms with van der Waals surface area (Å²) in [6, 6.07) is 3.80. The van der Waals surface area contributed by atoms with Crippen LogP contribution in [-0.2, 0) is 6.54 Å². The molecule has 3 nitrogen and oxygen atoms in total. The zero-order chi connectivity index (χ0) is 13.4. The minimum Gasteiger partial charge on any atom is -0.486 e. The van der Waals surface area contributed by atoms with E-state index < -0.39 is 0 Å². The van der Waals surface area contributed by atoms with E-state index in [0.717, 1.165) is 18.8 Å². The van der Waals surface area contributed by atoms with Gasteiger partial charge in [0.05, 0.1) is 16.9 Å². The Balaban J connectivity index is 2.37. The van der Waals surface area contributed by atoms with Gasteiger partial charge in [0, 0.05) is 12.1 Å². The van der Waals surface area contributed by atoms with Gasteiger partial charge in [-0.25, -0.2) is 0 Å². The van der Waals surface area contributed by atoms with Crippen LogP contribution in [0.2, 0.25) is 0 Å². The van der Waals surface area contributed by atoms with E-state index in [1.807, 2.05) is 12.1 Å². The van der Waals surface area contributed by atoms with Crippen LogP contribution in [0, 0.1) is 5.92 Å². The maximum absolute atomic E-state index is 5.72. The minimum atomic E-state index is 0.262. The largest absolute Gasteiger partial charge is 0.486 e. The lowest BCUT2D eigenvalue weighted by molar-refractivity contribution is 0.357. The molecule has 1 N–H and O–H groups in total. The molecule has 0 saturated heterocycles. The number of pyridine rings is 1. The summed E-state index contributed by atoms with van der Waals surface area (Å²) in [7, 11) is 0. The second-order valence-corrected chi connectivity index (χ2v) is 5.06. The Morgan fingerprint density at radius 1 is 1.50 bits per heavy atom. The number of halogens is 2. The van der Waals surface area contributed by atoms with Crippen molar-refractivity contribution in [2.45, 2.75) is 20.4 Å². The van der Waals surface area contributed by atoms with Gasteiger partial charge in [-0.3, -0.25) is 4.98 Å². The molecule has 1 heterocycles. The predicted octanol–water partition coefficient (Wildman–Crippen LogP) is 3.53. The summed E-state index contributed by atoms with van der Waals surface area (Å²) in [6.45, 7) is 6.35. The third-order valence-electron chi connectivity index (χ3n) is 2.15. The van der Waals surface area contributed by atoms with E-state index in [1.54, 1.807) is 6.20 Å². The fraction of sp³-hybridized carbons (Fsp3) is 0.462. The SMILES string of the molecule is CC(C)CNCc1ccc(OCC(Cl)=CCl)cn1. The van der Waals surface area contributed by atoms with Crippen LogP contribution in [0.5, 0.6) is 5.75 Å². The first-order valence-electron chi connectivity index (χ1n) is 5.85. The first kappa shape index (κ1) is 15.3. The number of nitrogens with one attached hydrogen (secondary N) is 1. The fourth-order valence-electron chi connectivity index (χ4n) is 1.27. The first-order chi connectivity index (χ1) is 8.61. The molecule has 5 heteroatoms. The number of hydrogen-bond acceptors (Lipinski definition) is 3. The Kier molecular flexibility index (Phi) is 7.09. The third-order valence-corrected chi connectivity index (χ3v) is 2.74. The number of hydrogen-bond donors (Lipinski definition) is 1. The molecule has 0 unspecified atom stereocenters. The fourth-order valence-corrected chi connectivity index (χ4v) is 1.39. The van der Waals surface area contributed by atoms with Crippen molar-refractivity contribution in [3.05, 3.63) is 34.6 Å². The summed E-state index contributed by atoms with van der Waals surface area (Å²) >= 11 is 11.1. The van der Waals surface area contributed by atoms with Crippen molar-refractivity contribution in [1.29, 1.82) is 0 Å². The monoisotopic (exact) mass is 288 g/mol. The van der Waals surface area contributed by atoms with Crippen LogP contribution >= 0.6 is 23.2 Å². The highest BCUT2D eigenvalue weighted by molar-refractivity contribution is 6.36. The predicted molar refractivity (Wildman–Crippen MR) is 76.1 cm³/mol. The Morgan fingerprint density at radius 3 is 2.83 bits per heavy atom. The molecule has 0 fully saturated rings. The van der Waals surface area contributed by atoms with Gasteiger partial charge in [-0.05, 0) is 24.6 Å². The Morgan fingerprint density at radius 2 is 2.28 bits per heavy atom. The molecule has 0 radical (unpaired) electrons. The Bertz CT molecular complexity index is 377. The van der Waals surface area contributed by atoms with Crippen LogP contribution in [0.25, 0.3) is 0 Å². The summed E-state index contributed by atoms with van der Waals surface area (Å²) in [5, 5.41) is 3.79. The van der Waals surface area contributed by atoms with Gasteiger partial charge in [0.2, 0.25) is 0 Å². The molecular weight excluding hydrogens is 271 g/mol. The van der Waals surface area contributed by atoms with E-state index in [9.17, 15) is 0 Å². The summed E-state index contributed by atoms with van der Waals surface area (Å²) in [5.74, 6) is 1.32. The van der Waals surface area contributed by atoms with E-state index >= 15 is 0 Å². The normalized spacial score (nSPS) is 11.9. The van der Waals surface area contributed by atoms with Crippen molar-refractivity contribution in [2.75, 3.05) is 13.2 Å². The van der Waals surface area contributed by atoms with Gasteiger partial charge in [0.25, 0.3) is 0 Å². The van der Waals surface area contributed by atoms with Crippen molar-refractivity contribution < 1.29 is 4.74 Å². The zero-order valence-corrected chi connectivity index (χ0v) is 12.1. The zero-order valence-electron chi connectivity index (χ0n) is 10.6. The van der Waals surface area contributed by atoms with E-state index in [4.69, 9.17) is 27.9 Å². The molecular formula is C13H18Cl2N2O. The Labute approximate surface area is 118 Å². The average Bonchev–Trinajstić information content (AvgIpc) is 2.37. The topological polar surface area (TPSA) is 34.1 Å². The average molecular weight is 289 g/mol. The summed E-state index contributed by atoms with van der Waals surface area (Å²) in [5.41, 5.74) is 2.28. The van der Waals surface area contributed by atoms with Crippen LogP contribution in [0.1, 0.15) is 19.5 Å². The van der Waals surface area contributed by atoms with Crippen molar-refractivity contribution >= 4 is 23.2 Å². The van der Waals surface area contributed by atoms with Crippen LogP contribution in [-0.4, -0.2) is 18.1 Å². The summed E-state index contributed by atoms with van der Waals surface area (Å²) in [4.78, 5) is 4.30. The van der Waals surface area contributed by atoms with Crippen LogP contribution < -0.4 is 10.1 Å². The van der Waals surface area contributed by atoms with Crippen LogP contribution in [0.3, 0.4) is 0 Å². The standard InChI is InChI=1S/C13H18Cl2N2O/c1-10(2)6-16-7-12-3-4-13(8-17-12)18-9-11(15)5-14/h3-5,8,10,16H,6-7,9H2,1-2H3. The smallest absolute Gasteiger partial charge is 0.138 e. The molecule has 18 heavy (non-hydrogen) atoms. The molecule has 0 aliphatic carbocycles. The van der Waals surface area contributed by atoms with Gasteiger partial charge in [0.15, 0.2) is 0 Å².